The van der Waals surface area contributed by atoms with Crippen molar-refractivity contribution >= 4 is 17.1 Å². The van der Waals surface area contributed by atoms with Crippen LogP contribution in [-0.2, 0) is 0 Å². The van der Waals surface area contributed by atoms with Crippen LogP contribution in [0.1, 0.15) is 0 Å². The van der Waals surface area contributed by atoms with E-state index in [0.29, 0.717) is 0 Å². The zero-order chi connectivity index (χ0) is 40.8. The van der Waals surface area contributed by atoms with E-state index in [1.165, 1.54) is 72.3 Å². The fourth-order valence-corrected chi connectivity index (χ4v) is 8.43. The molecule has 10 aromatic rings. The van der Waals surface area contributed by atoms with Gasteiger partial charge in [0.15, 0.2) is 0 Å². The van der Waals surface area contributed by atoms with E-state index < -0.39 is 0 Å². The predicted octanol–water partition coefficient (Wildman–Crippen LogP) is 16.8. The van der Waals surface area contributed by atoms with Crippen molar-refractivity contribution < 1.29 is 0 Å². The van der Waals surface area contributed by atoms with Crippen molar-refractivity contribution in [1.82, 2.24) is 0 Å². The molecule has 1 heteroatoms. The molecule has 0 amide bonds. The Morgan fingerprint density at radius 1 is 0.180 bits per heavy atom. The van der Waals surface area contributed by atoms with Gasteiger partial charge in [0.1, 0.15) is 0 Å². The standard InChI is InChI=1S/C60H43N/c1-5-16-44(17-6-1)48-30-36-55(37-31-48)61(56-38-32-49(33-39-56)45-18-7-2-8-19-45)57-40-34-50(35-41-57)58-28-15-29-59(53-26-13-24-51(42-53)46-20-9-3-10-21-46)60(58)54-27-14-25-52(43-54)47-22-11-4-12-23-47/h1-43H. The summed E-state index contributed by atoms with van der Waals surface area (Å²) < 4.78 is 0. The zero-order valence-electron chi connectivity index (χ0n) is 33.8. The van der Waals surface area contributed by atoms with Crippen LogP contribution in [0, 0.1) is 0 Å². The molecule has 0 spiro atoms. The van der Waals surface area contributed by atoms with Gasteiger partial charge in [-0.25, -0.2) is 0 Å². The molecule has 1 nitrogen and oxygen atoms in total. The van der Waals surface area contributed by atoms with Crippen molar-refractivity contribution in [3.8, 4) is 77.9 Å². The minimum Gasteiger partial charge on any atom is -0.311 e. The number of hydrogen-bond acceptors (Lipinski definition) is 1. The van der Waals surface area contributed by atoms with Crippen LogP contribution in [0.25, 0.3) is 77.9 Å². The van der Waals surface area contributed by atoms with E-state index in [1.54, 1.807) is 0 Å². The van der Waals surface area contributed by atoms with Crippen LogP contribution in [0.15, 0.2) is 261 Å². The molecular weight excluding hydrogens is 735 g/mol. The van der Waals surface area contributed by atoms with Crippen LogP contribution >= 0.6 is 0 Å². The molecule has 0 bridgehead atoms. The van der Waals surface area contributed by atoms with Crippen molar-refractivity contribution in [3.05, 3.63) is 261 Å². The molecule has 10 rings (SSSR count). The van der Waals surface area contributed by atoms with E-state index >= 15 is 0 Å². The highest BCUT2D eigenvalue weighted by Crippen LogP contribution is 2.44. The first-order valence-electron chi connectivity index (χ1n) is 20.9. The molecule has 0 N–H and O–H groups in total. The molecular formula is C60H43N. The van der Waals surface area contributed by atoms with Gasteiger partial charge in [0, 0.05) is 17.1 Å². The predicted molar refractivity (Wildman–Crippen MR) is 259 cm³/mol. The molecule has 10 aromatic carbocycles. The summed E-state index contributed by atoms with van der Waals surface area (Å²) in [5, 5.41) is 0. The zero-order valence-corrected chi connectivity index (χ0v) is 33.8. The summed E-state index contributed by atoms with van der Waals surface area (Å²) in [6.45, 7) is 0. The first-order valence-corrected chi connectivity index (χ1v) is 20.9. The monoisotopic (exact) mass is 777 g/mol. The summed E-state index contributed by atoms with van der Waals surface area (Å²) in [6, 6.07) is 94.0. The van der Waals surface area contributed by atoms with E-state index in [2.05, 4.69) is 266 Å². The quantitative estimate of drug-likeness (QED) is 0.134. The molecule has 0 heterocycles. The lowest BCUT2D eigenvalue weighted by Crippen LogP contribution is -2.09. The highest BCUT2D eigenvalue weighted by atomic mass is 15.1. The Morgan fingerprint density at radius 3 is 0.885 bits per heavy atom. The molecule has 0 aliphatic rings. The van der Waals surface area contributed by atoms with Gasteiger partial charge in [-0.1, -0.05) is 212 Å². The molecule has 61 heavy (non-hydrogen) atoms. The first kappa shape index (κ1) is 37.3. The molecule has 0 unspecified atom stereocenters. The van der Waals surface area contributed by atoms with Crippen molar-refractivity contribution in [2.75, 3.05) is 4.90 Å². The van der Waals surface area contributed by atoms with Gasteiger partial charge >= 0.3 is 0 Å². The van der Waals surface area contributed by atoms with Crippen molar-refractivity contribution in [2.24, 2.45) is 0 Å². The van der Waals surface area contributed by atoms with Crippen molar-refractivity contribution in [3.63, 3.8) is 0 Å². The number of anilines is 3. The Kier molecular flexibility index (Phi) is 10.4. The summed E-state index contributed by atoms with van der Waals surface area (Å²) in [7, 11) is 0. The Hall–Kier alpha value is -8.00. The average molecular weight is 778 g/mol. The third-order valence-electron chi connectivity index (χ3n) is 11.5. The van der Waals surface area contributed by atoms with E-state index in [1.807, 2.05) is 0 Å². The Morgan fingerprint density at radius 2 is 0.459 bits per heavy atom. The van der Waals surface area contributed by atoms with Gasteiger partial charge in [-0.05, 0) is 126 Å². The summed E-state index contributed by atoms with van der Waals surface area (Å²) in [5.74, 6) is 0. The molecule has 0 atom stereocenters. The SMILES string of the molecule is c1ccc(-c2ccc(N(c3ccc(-c4ccccc4)cc3)c3ccc(-c4cccc(-c5cccc(-c6ccccc6)c5)c4-c4cccc(-c5ccccc5)c4)cc3)cc2)cc1. The summed E-state index contributed by atoms with van der Waals surface area (Å²) in [4.78, 5) is 2.35. The van der Waals surface area contributed by atoms with Gasteiger partial charge in [-0.2, -0.15) is 0 Å². The second-order valence-electron chi connectivity index (χ2n) is 15.3. The fraction of sp³-hybridized carbons (Fsp3) is 0. The Balaban J connectivity index is 1.08. The highest BCUT2D eigenvalue weighted by Gasteiger charge is 2.18. The van der Waals surface area contributed by atoms with Crippen LogP contribution < -0.4 is 4.90 Å². The van der Waals surface area contributed by atoms with Gasteiger partial charge in [-0.3, -0.25) is 0 Å². The topological polar surface area (TPSA) is 3.24 Å². The van der Waals surface area contributed by atoms with Gasteiger partial charge < -0.3 is 4.90 Å². The van der Waals surface area contributed by atoms with Gasteiger partial charge in [0.2, 0.25) is 0 Å². The van der Waals surface area contributed by atoms with Crippen LogP contribution in [0.3, 0.4) is 0 Å². The van der Waals surface area contributed by atoms with Crippen molar-refractivity contribution in [2.45, 2.75) is 0 Å². The lowest BCUT2D eigenvalue weighted by Gasteiger charge is -2.26. The van der Waals surface area contributed by atoms with E-state index in [0.717, 1.165) is 22.6 Å². The smallest absolute Gasteiger partial charge is 0.0462 e. The number of hydrogen-bond donors (Lipinski definition) is 0. The van der Waals surface area contributed by atoms with Crippen LogP contribution in [0.5, 0.6) is 0 Å². The molecule has 0 saturated heterocycles. The second kappa shape index (κ2) is 17.1. The second-order valence-corrected chi connectivity index (χ2v) is 15.3. The Labute approximate surface area is 359 Å². The van der Waals surface area contributed by atoms with Crippen molar-refractivity contribution in [1.29, 1.82) is 0 Å². The third kappa shape index (κ3) is 7.93. The summed E-state index contributed by atoms with van der Waals surface area (Å²) in [5.41, 5.74) is 20.0. The molecule has 0 aromatic heterocycles. The minimum absolute atomic E-state index is 1.09. The lowest BCUT2D eigenvalue weighted by molar-refractivity contribution is 1.28. The number of nitrogens with zero attached hydrogens (tertiary/aromatic N) is 1. The molecule has 0 aliphatic heterocycles. The van der Waals surface area contributed by atoms with Crippen LogP contribution in [0.4, 0.5) is 17.1 Å². The molecule has 0 aliphatic carbocycles. The molecule has 288 valence electrons. The largest absolute Gasteiger partial charge is 0.311 e. The van der Waals surface area contributed by atoms with E-state index in [9.17, 15) is 0 Å². The van der Waals surface area contributed by atoms with Gasteiger partial charge in [0.25, 0.3) is 0 Å². The fourth-order valence-electron chi connectivity index (χ4n) is 8.43. The van der Waals surface area contributed by atoms with E-state index in [4.69, 9.17) is 0 Å². The number of rotatable bonds is 10. The minimum atomic E-state index is 1.09. The summed E-state index contributed by atoms with van der Waals surface area (Å²) in [6.07, 6.45) is 0. The van der Waals surface area contributed by atoms with Crippen LogP contribution in [0.2, 0.25) is 0 Å². The van der Waals surface area contributed by atoms with Crippen LogP contribution in [-0.4, -0.2) is 0 Å². The third-order valence-corrected chi connectivity index (χ3v) is 11.5. The maximum absolute atomic E-state index is 2.35. The first-order chi connectivity index (χ1) is 30.2. The maximum Gasteiger partial charge on any atom is 0.0462 e. The van der Waals surface area contributed by atoms with E-state index in [-0.39, 0.29) is 0 Å². The lowest BCUT2D eigenvalue weighted by atomic mass is 9.86. The average Bonchev–Trinajstić information content (AvgIpc) is 3.36. The maximum atomic E-state index is 2.35. The molecule has 0 radical (unpaired) electrons. The Bertz CT molecular complexity index is 2930. The highest BCUT2D eigenvalue weighted by molar-refractivity contribution is 5.96. The normalized spacial score (nSPS) is 11.0. The molecule has 0 fully saturated rings. The molecule has 0 saturated carbocycles. The summed E-state index contributed by atoms with van der Waals surface area (Å²) >= 11 is 0. The number of benzene rings is 10. The van der Waals surface area contributed by atoms with Gasteiger partial charge in [0.05, 0.1) is 0 Å². The van der Waals surface area contributed by atoms with Gasteiger partial charge in [-0.15, -0.1) is 0 Å².